The fourth-order valence-electron chi connectivity index (χ4n) is 3.81. The van der Waals surface area contributed by atoms with Gasteiger partial charge in [0.05, 0.1) is 30.5 Å². The van der Waals surface area contributed by atoms with Gasteiger partial charge in [0.25, 0.3) is 5.91 Å². The summed E-state index contributed by atoms with van der Waals surface area (Å²) in [5, 5.41) is 8.31. The predicted octanol–water partition coefficient (Wildman–Crippen LogP) is 3.45. The molecule has 1 atom stereocenters. The average Bonchev–Trinajstić information content (AvgIpc) is 3.38. The van der Waals surface area contributed by atoms with Gasteiger partial charge in [-0.05, 0) is 35.9 Å². The van der Waals surface area contributed by atoms with Crippen LogP contribution >= 0.6 is 0 Å². The van der Waals surface area contributed by atoms with Crippen LogP contribution in [-0.4, -0.2) is 47.6 Å². The lowest BCUT2D eigenvalue weighted by Crippen LogP contribution is -2.59. The molecule has 0 aliphatic carbocycles. The molecule has 1 aromatic heterocycles. The van der Waals surface area contributed by atoms with Crippen LogP contribution in [0.2, 0.25) is 0 Å². The molecule has 2 heterocycles. The topological polar surface area (TPSA) is 114 Å². The number of benzene rings is 2. The lowest BCUT2D eigenvalue weighted by atomic mass is 9.96. The number of rotatable bonds is 8. The van der Waals surface area contributed by atoms with E-state index in [9.17, 15) is 22.8 Å². The number of amides is 2. The molecule has 1 saturated heterocycles. The third-order valence-corrected chi connectivity index (χ3v) is 5.85. The van der Waals surface area contributed by atoms with Crippen LogP contribution in [0, 0.1) is 0 Å². The SMILES string of the molecule is COc1ccc(Nc2ccc(CNC(=O)[C@]3(NC(=O)c4cncnc4)CCOC3)cc2)c(C(F)(F)F)c1. The number of aromatic nitrogens is 2. The van der Waals surface area contributed by atoms with E-state index in [0.717, 1.165) is 6.07 Å². The minimum absolute atomic E-state index is 0.0184. The highest BCUT2D eigenvalue weighted by molar-refractivity contribution is 5.99. The van der Waals surface area contributed by atoms with Crippen molar-refractivity contribution < 1.29 is 32.2 Å². The number of methoxy groups -OCH3 is 1. The molecule has 1 aliphatic rings. The van der Waals surface area contributed by atoms with Gasteiger partial charge in [-0.3, -0.25) is 9.59 Å². The fourth-order valence-corrected chi connectivity index (χ4v) is 3.81. The molecule has 0 radical (unpaired) electrons. The minimum Gasteiger partial charge on any atom is -0.497 e. The van der Waals surface area contributed by atoms with Gasteiger partial charge in [0.1, 0.15) is 17.6 Å². The highest BCUT2D eigenvalue weighted by Gasteiger charge is 2.43. The molecule has 2 aromatic carbocycles. The van der Waals surface area contributed by atoms with E-state index in [1.807, 2.05) is 0 Å². The normalized spacial score (nSPS) is 17.2. The molecule has 3 N–H and O–H groups in total. The fraction of sp³-hybridized carbons (Fsp3) is 0.280. The van der Waals surface area contributed by atoms with Crippen molar-refractivity contribution in [1.29, 1.82) is 0 Å². The van der Waals surface area contributed by atoms with Crippen LogP contribution in [0.15, 0.2) is 61.2 Å². The van der Waals surface area contributed by atoms with Crippen LogP contribution in [0.1, 0.15) is 27.9 Å². The van der Waals surface area contributed by atoms with Gasteiger partial charge in [-0.2, -0.15) is 13.2 Å². The smallest absolute Gasteiger partial charge is 0.418 e. The van der Waals surface area contributed by atoms with Crippen LogP contribution < -0.4 is 20.7 Å². The lowest BCUT2D eigenvalue weighted by molar-refractivity contribution is -0.137. The maximum atomic E-state index is 13.5. The van der Waals surface area contributed by atoms with E-state index in [1.54, 1.807) is 24.3 Å². The second-order valence-electron chi connectivity index (χ2n) is 8.38. The zero-order valence-corrected chi connectivity index (χ0v) is 19.8. The summed E-state index contributed by atoms with van der Waals surface area (Å²) in [7, 11) is 1.30. The zero-order chi connectivity index (χ0) is 26.5. The van der Waals surface area contributed by atoms with Crippen molar-refractivity contribution in [2.45, 2.75) is 24.7 Å². The van der Waals surface area contributed by atoms with E-state index in [1.165, 1.54) is 38.0 Å². The van der Waals surface area contributed by atoms with E-state index < -0.39 is 29.1 Å². The van der Waals surface area contributed by atoms with Crippen molar-refractivity contribution in [3.8, 4) is 5.75 Å². The first kappa shape index (κ1) is 25.9. The maximum absolute atomic E-state index is 13.5. The molecule has 12 heteroatoms. The van der Waals surface area contributed by atoms with E-state index >= 15 is 0 Å². The van der Waals surface area contributed by atoms with Gasteiger partial charge in [0, 0.05) is 37.7 Å². The minimum atomic E-state index is -4.57. The number of hydrogen-bond acceptors (Lipinski definition) is 7. The summed E-state index contributed by atoms with van der Waals surface area (Å²) in [6.07, 6.45) is -0.272. The number of ether oxygens (including phenoxy) is 2. The van der Waals surface area contributed by atoms with Gasteiger partial charge in [-0.25, -0.2) is 9.97 Å². The summed E-state index contributed by atoms with van der Waals surface area (Å²) in [4.78, 5) is 33.2. The molecule has 0 unspecified atom stereocenters. The summed E-state index contributed by atoms with van der Waals surface area (Å²) < 4.78 is 50.7. The van der Waals surface area contributed by atoms with Crippen LogP contribution in [0.3, 0.4) is 0 Å². The summed E-state index contributed by atoms with van der Waals surface area (Å²) in [5.41, 5.74) is -0.842. The van der Waals surface area contributed by atoms with Crippen LogP contribution in [-0.2, 0) is 22.3 Å². The number of anilines is 2. The Morgan fingerprint density at radius 1 is 1.11 bits per heavy atom. The zero-order valence-electron chi connectivity index (χ0n) is 19.8. The molecule has 3 aromatic rings. The third-order valence-electron chi connectivity index (χ3n) is 5.85. The Bertz CT molecular complexity index is 1250. The average molecular weight is 515 g/mol. The molecule has 1 aliphatic heterocycles. The van der Waals surface area contributed by atoms with E-state index in [0.29, 0.717) is 24.3 Å². The van der Waals surface area contributed by atoms with Crippen molar-refractivity contribution in [2.75, 3.05) is 25.6 Å². The molecule has 1 fully saturated rings. The first-order chi connectivity index (χ1) is 17.7. The lowest BCUT2D eigenvalue weighted by Gasteiger charge is -2.27. The number of carbonyl (C=O) groups is 2. The Balaban J connectivity index is 1.40. The molecule has 4 rings (SSSR count). The molecule has 2 amide bonds. The highest BCUT2D eigenvalue weighted by Crippen LogP contribution is 2.38. The van der Waals surface area contributed by atoms with Gasteiger partial charge >= 0.3 is 6.18 Å². The summed E-state index contributed by atoms with van der Waals surface area (Å²) in [6.45, 7) is 0.469. The van der Waals surface area contributed by atoms with E-state index in [2.05, 4.69) is 25.9 Å². The molecular formula is C25H24F3N5O4. The summed E-state index contributed by atoms with van der Waals surface area (Å²) in [5.74, 6) is -0.804. The Morgan fingerprint density at radius 2 is 1.84 bits per heavy atom. The second-order valence-corrected chi connectivity index (χ2v) is 8.38. The predicted molar refractivity (Wildman–Crippen MR) is 127 cm³/mol. The summed E-state index contributed by atoms with van der Waals surface area (Å²) >= 11 is 0. The van der Waals surface area contributed by atoms with Crippen LogP contribution in [0.25, 0.3) is 0 Å². The first-order valence-corrected chi connectivity index (χ1v) is 11.2. The van der Waals surface area contributed by atoms with Gasteiger partial charge in [0.2, 0.25) is 5.91 Å². The van der Waals surface area contributed by atoms with E-state index in [4.69, 9.17) is 9.47 Å². The molecule has 0 bridgehead atoms. The maximum Gasteiger partial charge on any atom is 0.418 e. The first-order valence-electron chi connectivity index (χ1n) is 11.2. The van der Waals surface area contributed by atoms with Crippen LogP contribution in [0.4, 0.5) is 24.5 Å². The monoisotopic (exact) mass is 515 g/mol. The van der Waals surface area contributed by atoms with E-state index in [-0.39, 0.29) is 30.2 Å². The molecular weight excluding hydrogens is 491 g/mol. The standard InChI is InChI=1S/C25H24F3N5O4/c1-36-19-6-7-21(20(10-19)25(26,27)28)32-18-4-2-16(3-5-18)11-31-23(35)24(8-9-37-14-24)33-22(34)17-12-29-15-30-13-17/h2-7,10,12-13,15,32H,8-9,11,14H2,1H3,(H,31,35)(H,33,34)/t24-/m0/s1. The highest BCUT2D eigenvalue weighted by atomic mass is 19.4. The van der Waals surface area contributed by atoms with Crippen LogP contribution in [0.5, 0.6) is 5.75 Å². The van der Waals surface area contributed by atoms with Crippen molar-refractivity contribution in [2.24, 2.45) is 0 Å². The Labute approximate surface area is 210 Å². The Hall–Kier alpha value is -4.19. The molecule has 0 saturated carbocycles. The quantitative estimate of drug-likeness (QED) is 0.421. The van der Waals surface area contributed by atoms with Gasteiger partial charge in [-0.1, -0.05) is 12.1 Å². The number of nitrogens with one attached hydrogen (secondary N) is 3. The largest absolute Gasteiger partial charge is 0.497 e. The number of carbonyl (C=O) groups excluding carboxylic acids is 2. The number of nitrogens with zero attached hydrogens (tertiary/aromatic N) is 2. The Kier molecular flexibility index (Phi) is 7.58. The van der Waals surface area contributed by atoms with Gasteiger partial charge in [0.15, 0.2) is 0 Å². The summed E-state index contributed by atoms with van der Waals surface area (Å²) in [6, 6.07) is 10.2. The number of hydrogen-bond donors (Lipinski definition) is 3. The number of alkyl halides is 3. The molecule has 194 valence electrons. The second kappa shape index (κ2) is 10.8. The molecule has 9 nitrogen and oxygen atoms in total. The van der Waals surface area contributed by atoms with Gasteiger partial charge in [-0.15, -0.1) is 0 Å². The Morgan fingerprint density at radius 3 is 2.46 bits per heavy atom. The van der Waals surface area contributed by atoms with Crippen molar-refractivity contribution in [3.63, 3.8) is 0 Å². The third kappa shape index (κ3) is 6.15. The van der Waals surface area contributed by atoms with Crippen molar-refractivity contribution in [1.82, 2.24) is 20.6 Å². The van der Waals surface area contributed by atoms with Crippen molar-refractivity contribution in [3.05, 3.63) is 77.9 Å². The number of halogens is 3. The molecule has 37 heavy (non-hydrogen) atoms. The van der Waals surface area contributed by atoms with Crippen molar-refractivity contribution >= 4 is 23.2 Å². The molecule has 0 spiro atoms. The van der Waals surface area contributed by atoms with Gasteiger partial charge < -0.3 is 25.4 Å².